The van der Waals surface area contributed by atoms with Crippen molar-refractivity contribution in [1.29, 1.82) is 5.41 Å². The van der Waals surface area contributed by atoms with Gasteiger partial charge in [0.25, 0.3) is 0 Å². The lowest BCUT2D eigenvalue weighted by molar-refractivity contribution is -0.144. The number of unbranched alkanes of at least 4 members (excludes halogenated alkanes) is 13. The quantitative estimate of drug-likeness (QED) is 0.00783. The van der Waals surface area contributed by atoms with Crippen LogP contribution in [0, 0.1) is 27.6 Å². The first-order valence-corrected chi connectivity index (χ1v) is 23.3. The van der Waals surface area contributed by atoms with Gasteiger partial charge in [0.1, 0.15) is 11.8 Å². The zero-order valence-electron chi connectivity index (χ0n) is 35.9. The molecule has 2 fully saturated rings. The van der Waals surface area contributed by atoms with E-state index < -0.39 is 12.1 Å². The molecule has 60 heavy (non-hydrogen) atoms. The van der Waals surface area contributed by atoms with Crippen LogP contribution in [0.4, 0.5) is 0 Å². The number of hydrogen-bond donors (Lipinski definition) is 2. The monoisotopic (exact) mass is 854 g/mol. The van der Waals surface area contributed by atoms with E-state index in [4.69, 9.17) is 36.8 Å². The summed E-state index contributed by atoms with van der Waals surface area (Å²) in [6, 6.07) is 6.66. The summed E-state index contributed by atoms with van der Waals surface area (Å²) in [7, 11) is 0. The number of halogens is 1. The van der Waals surface area contributed by atoms with Crippen molar-refractivity contribution in [2.24, 2.45) is 27.5 Å². The second kappa shape index (κ2) is 31.2. The Kier molecular flexibility index (Phi) is 26.3. The third-order valence-corrected chi connectivity index (χ3v) is 12.7. The van der Waals surface area contributed by atoms with Gasteiger partial charge in [-0.25, -0.2) is 4.79 Å². The molecule has 0 unspecified atom stereocenters. The van der Waals surface area contributed by atoms with Gasteiger partial charge in [-0.3, -0.25) is 4.79 Å². The van der Waals surface area contributed by atoms with E-state index in [9.17, 15) is 19.6 Å². The lowest BCUT2D eigenvalue weighted by Gasteiger charge is -2.44. The van der Waals surface area contributed by atoms with Gasteiger partial charge in [-0.1, -0.05) is 111 Å². The Balaban J connectivity index is 1.20. The third-order valence-electron chi connectivity index (χ3n) is 12.2. The molecule has 5 atom stereocenters. The molecule has 0 amide bonds. The molecule has 13 heteroatoms. The van der Waals surface area contributed by atoms with Gasteiger partial charge in [-0.05, 0) is 112 Å². The molecule has 0 aliphatic heterocycles. The number of benzene rings is 1. The predicted octanol–water partition coefficient (Wildman–Crippen LogP) is 12.5. The van der Waals surface area contributed by atoms with Crippen molar-refractivity contribution in [3.05, 3.63) is 69.5 Å². The SMILES string of the molecule is [N-]=[N+]=NCCC1([C@H](C/C=C/[C@@H]2[C@@H](C/C=C\CCCC(=O)OCCCOC(=O)c3cccc(OCCCCCCCCCCCCCCC=N)c3)[C@H](Cl)C[C@H]2O)N=O)CCC1. The number of azide groups is 1. The zero-order chi connectivity index (χ0) is 43.1. The first-order chi connectivity index (χ1) is 29.3. The standard InChI is InChI=1S/C47H72ClN5O7/c48-42-37-43(54)41(25-19-26-44(52-57)47(28-20-29-47)30-32-51-53-50)40(42)24-14-10-11-15-27-45(55)59-34-21-35-60-46(56)38-22-18-23-39(36-38)58-33-17-13-9-7-5-3-1-2-4-6-8-12-16-31-49/h10,14,18-19,22-23,25,31,36,40-44,49,54H,1-9,11-13,15-17,20-21,24,26-30,32-35,37H2/b14-10-,25-19+,49-31?/t40-,41-,42-,43-,44+/m1/s1. The average molecular weight is 855 g/mol. The number of nitrogens with zero attached hydrogens (tertiary/aromatic N) is 4. The van der Waals surface area contributed by atoms with E-state index in [1.54, 1.807) is 18.2 Å². The van der Waals surface area contributed by atoms with Crippen LogP contribution in [0.1, 0.15) is 164 Å². The third kappa shape index (κ3) is 19.8. The highest BCUT2D eigenvalue weighted by Gasteiger charge is 2.44. The molecule has 0 spiro atoms. The number of ether oxygens (including phenoxy) is 3. The van der Waals surface area contributed by atoms with Crippen LogP contribution >= 0.6 is 11.6 Å². The number of esters is 2. The molecule has 2 N–H and O–H groups in total. The molecule has 0 bridgehead atoms. The van der Waals surface area contributed by atoms with Crippen molar-refractivity contribution in [2.45, 2.75) is 172 Å². The topological polar surface area (TPSA) is 184 Å². The van der Waals surface area contributed by atoms with Gasteiger partial charge in [0, 0.05) is 35.6 Å². The van der Waals surface area contributed by atoms with Crippen molar-refractivity contribution in [1.82, 2.24) is 0 Å². The molecular weight excluding hydrogens is 782 g/mol. The minimum absolute atomic E-state index is 0.0520. The molecule has 1 aromatic carbocycles. The van der Waals surface area contributed by atoms with Gasteiger partial charge in [0.2, 0.25) is 0 Å². The van der Waals surface area contributed by atoms with Gasteiger partial charge in [-0.15, -0.1) is 11.6 Å². The minimum Gasteiger partial charge on any atom is -0.494 e. The Morgan fingerprint density at radius 1 is 0.917 bits per heavy atom. The van der Waals surface area contributed by atoms with E-state index >= 15 is 0 Å². The van der Waals surface area contributed by atoms with Gasteiger partial charge in [0.15, 0.2) is 0 Å². The number of carbonyl (C=O) groups is 2. The molecular formula is C47H72ClN5O7. The van der Waals surface area contributed by atoms with Crippen LogP contribution in [0.25, 0.3) is 10.4 Å². The highest BCUT2D eigenvalue weighted by atomic mass is 35.5. The second-order valence-corrected chi connectivity index (χ2v) is 17.2. The van der Waals surface area contributed by atoms with Crippen molar-refractivity contribution < 1.29 is 28.9 Å². The molecule has 2 aliphatic rings. The summed E-state index contributed by atoms with van der Waals surface area (Å²) in [5, 5.41) is 24.7. The number of aliphatic hydroxyl groups is 1. The van der Waals surface area contributed by atoms with Crippen molar-refractivity contribution >= 4 is 29.8 Å². The number of nitroso groups, excluding NO2 is 1. The minimum atomic E-state index is -0.554. The molecule has 1 aromatic rings. The maximum absolute atomic E-state index is 12.6. The number of hydrogen-bond acceptors (Lipinski definition) is 10. The summed E-state index contributed by atoms with van der Waals surface area (Å²) in [5.74, 6) is -0.138. The molecule has 2 aliphatic carbocycles. The first-order valence-electron chi connectivity index (χ1n) is 22.8. The molecule has 0 heterocycles. The van der Waals surface area contributed by atoms with E-state index in [2.05, 4.69) is 21.3 Å². The summed E-state index contributed by atoms with van der Waals surface area (Å²) in [5.41, 5.74) is 8.86. The van der Waals surface area contributed by atoms with Gasteiger partial charge in [0.05, 0.1) is 31.5 Å². The van der Waals surface area contributed by atoms with E-state index in [0.29, 0.717) is 69.4 Å². The zero-order valence-corrected chi connectivity index (χ0v) is 36.7. The number of rotatable bonds is 35. The molecule has 12 nitrogen and oxygen atoms in total. The second-order valence-electron chi connectivity index (χ2n) is 16.7. The molecule has 2 saturated carbocycles. The van der Waals surface area contributed by atoms with E-state index in [1.807, 2.05) is 24.3 Å². The lowest BCUT2D eigenvalue weighted by atomic mass is 9.61. The lowest BCUT2D eigenvalue weighted by Crippen LogP contribution is -2.40. The predicted molar refractivity (Wildman–Crippen MR) is 240 cm³/mol. The largest absolute Gasteiger partial charge is 0.494 e. The van der Waals surface area contributed by atoms with E-state index in [-0.39, 0.29) is 54.3 Å². The van der Waals surface area contributed by atoms with Crippen LogP contribution in [0.3, 0.4) is 0 Å². The number of nitrogens with one attached hydrogen (secondary N) is 1. The van der Waals surface area contributed by atoms with Crippen molar-refractivity contribution in [3.63, 3.8) is 0 Å². The molecule has 334 valence electrons. The molecule has 0 aromatic heterocycles. The number of aliphatic hydroxyl groups excluding tert-OH is 1. The summed E-state index contributed by atoms with van der Waals surface area (Å²) >= 11 is 6.64. The van der Waals surface area contributed by atoms with Crippen LogP contribution in [0.5, 0.6) is 5.75 Å². The van der Waals surface area contributed by atoms with Gasteiger partial charge < -0.3 is 24.7 Å². The van der Waals surface area contributed by atoms with Gasteiger partial charge >= 0.3 is 11.9 Å². The summed E-state index contributed by atoms with van der Waals surface area (Å²) < 4.78 is 16.6. The van der Waals surface area contributed by atoms with Crippen LogP contribution in [0.2, 0.25) is 0 Å². The molecule has 3 rings (SSSR count). The maximum Gasteiger partial charge on any atom is 0.338 e. The summed E-state index contributed by atoms with van der Waals surface area (Å²) in [6.45, 7) is 1.30. The van der Waals surface area contributed by atoms with Crippen molar-refractivity contribution in [3.8, 4) is 5.75 Å². The Hall–Kier alpha value is -3.73. The summed E-state index contributed by atoms with van der Waals surface area (Å²) in [4.78, 5) is 39.5. The van der Waals surface area contributed by atoms with Crippen molar-refractivity contribution in [2.75, 3.05) is 26.4 Å². The molecule has 0 radical (unpaired) electrons. The van der Waals surface area contributed by atoms with Crippen LogP contribution in [-0.4, -0.2) is 67.1 Å². The fourth-order valence-corrected chi connectivity index (χ4v) is 8.91. The Morgan fingerprint density at radius 2 is 1.62 bits per heavy atom. The Morgan fingerprint density at radius 3 is 2.28 bits per heavy atom. The number of alkyl halides is 1. The Bertz CT molecular complexity index is 1500. The molecule has 0 saturated heterocycles. The number of carbonyl (C=O) groups excluding carboxylic acids is 2. The Labute approximate surface area is 363 Å². The van der Waals surface area contributed by atoms with E-state index in [1.165, 1.54) is 64.0 Å². The maximum atomic E-state index is 12.6. The van der Waals surface area contributed by atoms with Crippen LogP contribution < -0.4 is 4.74 Å². The fourth-order valence-electron chi connectivity index (χ4n) is 8.45. The van der Waals surface area contributed by atoms with Crippen LogP contribution in [0.15, 0.2) is 58.9 Å². The average Bonchev–Trinajstić information content (AvgIpc) is 3.50. The van der Waals surface area contributed by atoms with Gasteiger partial charge in [-0.2, -0.15) is 4.91 Å². The van der Waals surface area contributed by atoms with E-state index in [0.717, 1.165) is 44.9 Å². The highest BCUT2D eigenvalue weighted by molar-refractivity contribution is 6.21. The normalized spacial score (nSPS) is 20.0. The smallest absolute Gasteiger partial charge is 0.338 e. The summed E-state index contributed by atoms with van der Waals surface area (Å²) in [6.07, 6.45) is 32.0. The van der Waals surface area contributed by atoms with Crippen LogP contribution in [-0.2, 0) is 14.3 Å². The first kappa shape index (κ1) is 50.6. The fraction of sp³-hybridized carbons (Fsp3) is 0.723. The number of allylic oxidation sites excluding steroid dienone is 2. The highest BCUT2D eigenvalue weighted by Crippen LogP contribution is 2.49.